The third-order valence-electron chi connectivity index (χ3n) is 8.58. The van der Waals surface area contributed by atoms with Gasteiger partial charge in [0.1, 0.15) is 0 Å². The van der Waals surface area contributed by atoms with Crippen molar-refractivity contribution in [2.24, 2.45) is 0 Å². The van der Waals surface area contributed by atoms with Crippen LogP contribution in [0.25, 0.3) is 22.3 Å². The number of fused-ring (bicyclic) bond motifs is 8. The van der Waals surface area contributed by atoms with Gasteiger partial charge in [0, 0.05) is 64.1 Å². The molecule has 0 aliphatic carbocycles. The van der Waals surface area contributed by atoms with Crippen LogP contribution in [-0.4, -0.2) is 39.9 Å². The van der Waals surface area contributed by atoms with Gasteiger partial charge >= 0.3 is 0 Å². The maximum Gasteiger partial charge on any atom is 0.0743 e. The van der Waals surface area contributed by atoms with Gasteiger partial charge in [0.25, 0.3) is 0 Å². The molecule has 0 unspecified atom stereocenters. The van der Waals surface area contributed by atoms with E-state index in [2.05, 4.69) is 68.5 Å². The Kier molecular flexibility index (Phi) is 7.81. The summed E-state index contributed by atoms with van der Waals surface area (Å²) in [7, 11) is 0. The minimum absolute atomic E-state index is 0. The van der Waals surface area contributed by atoms with Gasteiger partial charge in [-0.2, -0.15) is 0 Å². The van der Waals surface area contributed by atoms with E-state index in [0.717, 1.165) is 89.2 Å². The molecule has 0 spiro atoms. The zero-order chi connectivity index (χ0) is 31.9. The average molecular weight is 677 g/mol. The molecule has 1 aliphatic heterocycles. The summed E-state index contributed by atoms with van der Waals surface area (Å²) in [6, 6.07) is 40.8. The Bertz CT molecular complexity index is 2290. The minimum atomic E-state index is 0. The Hall–Kier alpha value is -6.28. The summed E-state index contributed by atoms with van der Waals surface area (Å²) in [5.74, 6) is 0. The largest absolute Gasteiger partial charge is 0.354 e. The van der Waals surface area contributed by atoms with E-state index < -0.39 is 0 Å². The monoisotopic (exact) mass is 676 g/mol. The molecule has 8 aromatic heterocycles. The molecule has 0 amide bonds. The molecule has 8 nitrogen and oxygen atoms in total. The van der Waals surface area contributed by atoms with Crippen molar-refractivity contribution >= 4 is 22.3 Å². The van der Waals surface area contributed by atoms with E-state index in [9.17, 15) is 0 Å². The van der Waals surface area contributed by atoms with Crippen molar-refractivity contribution in [2.75, 3.05) is 0 Å². The van der Waals surface area contributed by atoms with E-state index in [4.69, 9.17) is 19.9 Å². The summed E-state index contributed by atoms with van der Waals surface area (Å²) < 4.78 is 0. The van der Waals surface area contributed by atoms with E-state index in [1.807, 2.05) is 97.6 Å². The Morgan fingerprint density at radius 2 is 0.551 bits per heavy atom. The third-order valence-corrected chi connectivity index (χ3v) is 8.58. The molecular weight excluding hydrogens is 648 g/mol. The van der Waals surface area contributed by atoms with Gasteiger partial charge in [0.2, 0.25) is 0 Å². The molecule has 0 radical (unpaired) electrons. The van der Waals surface area contributed by atoms with Crippen LogP contribution in [0.1, 0.15) is 45.6 Å². The number of hydrogen-bond donors (Lipinski definition) is 4. The van der Waals surface area contributed by atoms with Crippen molar-refractivity contribution in [1.82, 2.24) is 39.9 Å². The second kappa shape index (κ2) is 12.7. The number of pyridine rings is 4. The average Bonchev–Trinajstić information content (AvgIpc) is 3.98. The molecule has 9 heterocycles. The number of aromatic nitrogens is 8. The summed E-state index contributed by atoms with van der Waals surface area (Å²) in [4.78, 5) is 34.1. The first kappa shape index (κ1) is 30.1. The Balaban J connectivity index is 0.00000348. The van der Waals surface area contributed by atoms with E-state index >= 15 is 0 Å². The number of nitrogens with one attached hydrogen (secondary N) is 4. The molecule has 9 heteroatoms. The molecule has 0 saturated carbocycles. The Morgan fingerprint density at radius 1 is 0.286 bits per heavy atom. The fraction of sp³-hybridized carbons (Fsp3) is 0. The van der Waals surface area contributed by atoms with E-state index in [0.29, 0.717) is 0 Å². The second-order valence-electron chi connectivity index (χ2n) is 11.5. The van der Waals surface area contributed by atoms with Crippen molar-refractivity contribution in [3.8, 4) is 0 Å². The maximum absolute atomic E-state index is 4.78. The molecular formula is C40H28FeN8. The van der Waals surface area contributed by atoms with Crippen LogP contribution in [0.5, 0.6) is 0 Å². The first-order chi connectivity index (χ1) is 23.8. The normalized spacial score (nSPS) is 12.6. The molecule has 0 aromatic carbocycles. The maximum atomic E-state index is 4.78. The molecule has 8 aromatic rings. The topological polar surface area (TPSA) is 115 Å². The van der Waals surface area contributed by atoms with Gasteiger partial charge in [-0.05, 0) is 97.1 Å². The SMILES string of the molecule is [Fe].c1ccc(C2=c3ccc([nH]3)=C(c3ccccn3)c3ccc([nH]3)C(c3ccccn3)=c3ccc([nH]3)=C(c3ccccn3)c3ccc2[nH]3)nc1. The van der Waals surface area contributed by atoms with Crippen molar-refractivity contribution in [1.29, 1.82) is 0 Å². The number of rotatable bonds is 4. The van der Waals surface area contributed by atoms with Gasteiger partial charge in [-0.25, -0.2) is 0 Å². The summed E-state index contributed by atoms with van der Waals surface area (Å²) in [5, 5.41) is 3.69. The zero-order valence-corrected chi connectivity index (χ0v) is 27.1. The molecule has 1 aliphatic rings. The van der Waals surface area contributed by atoms with Crippen LogP contribution in [-0.2, 0) is 17.1 Å². The minimum Gasteiger partial charge on any atom is -0.354 e. The van der Waals surface area contributed by atoms with E-state index in [1.54, 1.807) is 0 Å². The molecule has 4 N–H and O–H groups in total. The fourth-order valence-electron chi connectivity index (χ4n) is 6.47. The number of hydrogen-bond acceptors (Lipinski definition) is 4. The van der Waals surface area contributed by atoms with Crippen LogP contribution in [0.3, 0.4) is 0 Å². The molecule has 236 valence electrons. The van der Waals surface area contributed by atoms with Crippen LogP contribution >= 0.6 is 0 Å². The molecule has 49 heavy (non-hydrogen) atoms. The standard InChI is InChI=1S/C40H28N8.Fe/c1-5-21-41-25(9-1)37-29-13-15-31(45-29)38(26-10-2-6-22-42-26)33-17-19-35(47-33)40(28-12-4-8-24-44-28)36-20-18-34(48-36)39(27-11-3-7-23-43-27)32-16-14-30(37)46-32;/h1-24,45-48H;. The first-order valence-corrected chi connectivity index (χ1v) is 15.7. The molecule has 0 atom stereocenters. The van der Waals surface area contributed by atoms with Crippen LogP contribution in [0.4, 0.5) is 0 Å². The molecule has 0 fully saturated rings. The smallest absolute Gasteiger partial charge is 0.0743 e. The summed E-state index contributed by atoms with van der Waals surface area (Å²) in [5.41, 5.74) is 10.9. The molecule has 0 saturated heterocycles. The summed E-state index contributed by atoms with van der Waals surface area (Å²) in [6.07, 6.45) is 7.29. The van der Waals surface area contributed by atoms with Crippen LogP contribution in [0.15, 0.2) is 146 Å². The molecule has 9 rings (SSSR count). The first-order valence-electron chi connectivity index (χ1n) is 15.7. The number of H-pyrrole nitrogens is 4. The Morgan fingerprint density at radius 3 is 0.776 bits per heavy atom. The van der Waals surface area contributed by atoms with Gasteiger partial charge in [-0.15, -0.1) is 0 Å². The van der Waals surface area contributed by atoms with E-state index in [-0.39, 0.29) is 17.1 Å². The quantitative estimate of drug-likeness (QED) is 0.212. The molecule has 8 bridgehead atoms. The van der Waals surface area contributed by atoms with Crippen molar-refractivity contribution in [2.45, 2.75) is 0 Å². The van der Waals surface area contributed by atoms with Crippen LogP contribution in [0.2, 0.25) is 0 Å². The number of aromatic amines is 4. The van der Waals surface area contributed by atoms with Gasteiger partial charge in [0.05, 0.1) is 66.9 Å². The van der Waals surface area contributed by atoms with Crippen molar-refractivity contribution < 1.29 is 17.1 Å². The van der Waals surface area contributed by atoms with Crippen molar-refractivity contribution in [3.05, 3.63) is 213 Å². The third kappa shape index (κ3) is 5.47. The zero-order valence-electron chi connectivity index (χ0n) is 26.0. The predicted molar refractivity (Wildman–Crippen MR) is 185 cm³/mol. The van der Waals surface area contributed by atoms with Gasteiger partial charge in [-0.3, -0.25) is 19.9 Å². The van der Waals surface area contributed by atoms with Gasteiger partial charge in [-0.1, -0.05) is 24.3 Å². The van der Waals surface area contributed by atoms with E-state index in [1.165, 1.54) is 0 Å². The van der Waals surface area contributed by atoms with Crippen LogP contribution < -0.4 is 21.4 Å². The summed E-state index contributed by atoms with van der Waals surface area (Å²) in [6.45, 7) is 0. The second-order valence-corrected chi connectivity index (χ2v) is 11.5. The summed E-state index contributed by atoms with van der Waals surface area (Å²) >= 11 is 0. The fourth-order valence-corrected chi connectivity index (χ4v) is 6.47. The van der Waals surface area contributed by atoms with Gasteiger partial charge in [0.15, 0.2) is 0 Å². The predicted octanol–water partition coefficient (Wildman–Crippen LogP) is 3.88. The van der Waals surface area contributed by atoms with Crippen molar-refractivity contribution in [3.63, 3.8) is 0 Å². The Labute approximate surface area is 291 Å². The van der Waals surface area contributed by atoms with Gasteiger partial charge < -0.3 is 19.9 Å². The van der Waals surface area contributed by atoms with Crippen LogP contribution in [0, 0.1) is 0 Å². The number of nitrogens with zero attached hydrogens (tertiary/aromatic N) is 4.